The van der Waals surface area contributed by atoms with Gasteiger partial charge in [0.1, 0.15) is 12.0 Å². The van der Waals surface area contributed by atoms with Gasteiger partial charge in [-0.3, -0.25) is 4.57 Å². The molecule has 94 valence electrons. The number of nitrogens with zero attached hydrogens (tertiary/aromatic N) is 2. The van der Waals surface area contributed by atoms with Gasteiger partial charge in [-0.05, 0) is 18.4 Å². The maximum atomic E-state index is 11.8. The number of anilines is 1. The fourth-order valence-corrected chi connectivity index (χ4v) is 2.43. The van der Waals surface area contributed by atoms with Crippen LogP contribution in [0.5, 0.6) is 0 Å². The van der Waals surface area contributed by atoms with Crippen LogP contribution >= 0.6 is 0 Å². The van der Waals surface area contributed by atoms with Crippen LogP contribution in [0, 0.1) is 11.8 Å². The minimum atomic E-state index is -0.342. The van der Waals surface area contributed by atoms with E-state index in [0.29, 0.717) is 11.8 Å². The molecule has 0 bridgehead atoms. The minimum Gasteiger partial charge on any atom is -0.383 e. The average Bonchev–Trinajstić information content (AvgIpc) is 2.57. The summed E-state index contributed by atoms with van der Waals surface area (Å²) in [4.78, 5) is 15.5. The second kappa shape index (κ2) is 4.49. The van der Waals surface area contributed by atoms with Crippen molar-refractivity contribution in [2.75, 3.05) is 5.73 Å². The molecule has 5 nitrogen and oxygen atoms in total. The van der Waals surface area contributed by atoms with E-state index in [-0.39, 0.29) is 23.8 Å². The van der Waals surface area contributed by atoms with Crippen molar-refractivity contribution in [3.8, 4) is 0 Å². The van der Waals surface area contributed by atoms with Gasteiger partial charge in [0.05, 0.1) is 6.10 Å². The Bertz CT molecular complexity index is 457. The zero-order valence-corrected chi connectivity index (χ0v) is 10.5. The van der Waals surface area contributed by atoms with Gasteiger partial charge >= 0.3 is 5.69 Å². The molecule has 4 atom stereocenters. The van der Waals surface area contributed by atoms with Crippen LogP contribution < -0.4 is 11.4 Å². The van der Waals surface area contributed by atoms with Crippen molar-refractivity contribution in [1.82, 2.24) is 9.55 Å². The summed E-state index contributed by atoms with van der Waals surface area (Å²) < 4.78 is 7.46. The van der Waals surface area contributed by atoms with E-state index >= 15 is 0 Å². The van der Waals surface area contributed by atoms with E-state index in [9.17, 15) is 4.79 Å². The first-order chi connectivity index (χ1) is 8.04. The fourth-order valence-electron chi connectivity index (χ4n) is 2.43. The molecule has 1 fully saturated rings. The molecule has 0 spiro atoms. The first kappa shape index (κ1) is 12.1. The van der Waals surface area contributed by atoms with Crippen molar-refractivity contribution in [2.45, 2.75) is 39.5 Å². The summed E-state index contributed by atoms with van der Waals surface area (Å²) >= 11 is 0. The molecule has 1 aliphatic rings. The number of ether oxygens (including phenoxy) is 1. The lowest BCUT2D eigenvalue weighted by atomic mass is 9.91. The van der Waals surface area contributed by atoms with Gasteiger partial charge in [-0.2, -0.15) is 4.98 Å². The summed E-state index contributed by atoms with van der Waals surface area (Å²) in [5.41, 5.74) is 5.13. The Kier molecular flexibility index (Phi) is 3.19. The first-order valence-corrected chi connectivity index (χ1v) is 6.04. The van der Waals surface area contributed by atoms with E-state index in [1.807, 2.05) is 0 Å². The van der Waals surface area contributed by atoms with Gasteiger partial charge in [-0.25, -0.2) is 4.79 Å². The van der Waals surface area contributed by atoms with Crippen LogP contribution in [0.1, 0.15) is 33.4 Å². The maximum Gasteiger partial charge on any atom is 0.351 e. The highest BCUT2D eigenvalue weighted by molar-refractivity contribution is 5.23. The fraction of sp³-hybridized carbons (Fsp3) is 0.667. The second-order valence-electron chi connectivity index (χ2n) is 4.73. The van der Waals surface area contributed by atoms with Crippen LogP contribution in [0.4, 0.5) is 5.82 Å². The SMILES string of the molecule is CCC1OC(n2ccc(N)nc2=O)C(C)C1C. The topological polar surface area (TPSA) is 70.1 Å². The molecule has 17 heavy (non-hydrogen) atoms. The molecule has 0 aliphatic carbocycles. The summed E-state index contributed by atoms with van der Waals surface area (Å²) in [6.45, 7) is 6.36. The Hall–Kier alpha value is -1.36. The van der Waals surface area contributed by atoms with Crippen LogP contribution in [-0.2, 0) is 4.74 Å². The molecular weight excluding hydrogens is 218 g/mol. The highest BCUT2D eigenvalue weighted by Gasteiger charge is 2.39. The lowest BCUT2D eigenvalue weighted by Gasteiger charge is -2.18. The quantitative estimate of drug-likeness (QED) is 0.844. The summed E-state index contributed by atoms with van der Waals surface area (Å²) in [6.07, 6.45) is 2.60. The molecule has 2 rings (SSSR count). The van der Waals surface area contributed by atoms with Crippen molar-refractivity contribution < 1.29 is 4.74 Å². The van der Waals surface area contributed by atoms with Crippen LogP contribution in [0.3, 0.4) is 0 Å². The highest BCUT2D eigenvalue weighted by atomic mass is 16.5. The summed E-state index contributed by atoms with van der Waals surface area (Å²) in [5.74, 6) is 0.981. The van der Waals surface area contributed by atoms with Crippen molar-refractivity contribution in [1.29, 1.82) is 0 Å². The number of aromatic nitrogens is 2. The van der Waals surface area contributed by atoms with Gasteiger partial charge in [0.2, 0.25) is 0 Å². The average molecular weight is 237 g/mol. The van der Waals surface area contributed by atoms with E-state index in [1.165, 1.54) is 4.57 Å². The van der Waals surface area contributed by atoms with E-state index in [4.69, 9.17) is 10.5 Å². The zero-order valence-electron chi connectivity index (χ0n) is 10.5. The van der Waals surface area contributed by atoms with Gasteiger partial charge in [-0.1, -0.05) is 20.8 Å². The van der Waals surface area contributed by atoms with E-state index in [1.54, 1.807) is 12.3 Å². The predicted molar refractivity (Wildman–Crippen MR) is 65.4 cm³/mol. The molecule has 1 saturated heterocycles. The third-order valence-electron chi connectivity index (χ3n) is 3.71. The molecule has 1 aromatic heterocycles. The van der Waals surface area contributed by atoms with E-state index in [0.717, 1.165) is 6.42 Å². The molecule has 2 N–H and O–H groups in total. The molecule has 2 heterocycles. The van der Waals surface area contributed by atoms with Gasteiger partial charge in [-0.15, -0.1) is 0 Å². The molecule has 0 radical (unpaired) electrons. The van der Waals surface area contributed by atoms with Gasteiger partial charge < -0.3 is 10.5 Å². The lowest BCUT2D eigenvalue weighted by Crippen LogP contribution is -2.29. The van der Waals surface area contributed by atoms with Crippen LogP contribution in [0.25, 0.3) is 0 Å². The normalized spacial score (nSPS) is 32.9. The summed E-state index contributed by atoms with van der Waals surface area (Å²) in [6, 6.07) is 1.63. The van der Waals surface area contributed by atoms with Crippen LogP contribution in [0.15, 0.2) is 17.1 Å². The Morgan fingerprint density at radius 1 is 1.47 bits per heavy atom. The lowest BCUT2D eigenvalue weighted by molar-refractivity contribution is -0.0167. The van der Waals surface area contributed by atoms with Crippen LogP contribution in [-0.4, -0.2) is 15.7 Å². The second-order valence-corrected chi connectivity index (χ2v) is 4.73. The summed E-state index contributed by atoms with van der Waals surface area (Å²) in [7, 11) is 0. The van der Waals surface area contributed by atoms with E-state index < -0.39 is 0 Å². The van der Waals surface area contributed by atoms with Crippen molar-refractivity contribution in [3.05, 3.63) is 22.7 Å². The van der Waals surface area contributed by atoms with Crippen molar-refractivity contribution >= 4 is 5.82 Å². The Morgan fingerprint density at radius 2 is 2.18 bits per heavy atom. The number of nitrogen functional groups attached to an aromatic ring is 1. The molecule has 0 saturated carbocycles. The Labute approximate surface area is 101 Å². The molecule has 5 heteroatoms. The van der Waals surface area contributed by atoms with Crippen molar-refractivity contribution in [3.63, 3.8) is 0 Å². The number of hydrogen-bond acceptors (Lipinski definition) is 4. The smallest absolute Gasteiger partial charge is 0.351 e. The molecule has 4 unspecified atom stereocenters. The molecule has 0 amide bonds. The molecular formula is C12H19N3O2. The van der Waals surface area contributed by atoms with Gasteiger partial charge in [0, 0.05) is 12.1 Å². The monoisotopic (exact) mass is 237 g/mol. The third kappa shape index (κ3) is 2.07. The number of rotatable bonds is 2. The minimum absolute atomic E-state index is 0.208. The first-order valence-electron chi connectivity index (χ1n) is 6.04. The molecule has 1 aromatic rings. The third-order valence-corrected chi connectivity index (χ3v) is 3.71. The number of hydrogen-bond donors (Lipinski definition) is 1. The zero-order chi connectivity index (χ0) is 12.6. The Balaban J connectivity index is 2.32. The summed E-state index contributed by atoms with van der Waals surface area (Å²) in [5, 5.41) is 0. The molecule has 1 aliphatic heterocycles. The predicted octanol–water partition coefficient (Wildman–Crippen LogP) is 1.41. The largest absolute Gasteiger partial charge is 0.383 e. The highest BCUT2D eigenvalue weighted by Crippen LogP contribution is 2.39. The van der Waals surface area contributed by atoms with Crippen LogP contribution in [0.2, 0.25) is 0 Å². The Morgan fingerprint density at radius 3 is 2.71 bits per heavy atom. The number of nitrogens with two attached hydrogens (primary N) is 1. The maximum absolute atomic E-state index is 11.8. The van der Waals surface area contributed by atoms with E-state index in [2.05, 4.69) is 25.8 Å². The van der Waals surface area contributed by atoms with Gasteiger partial charge in [0.25, 0.3) is 0 Å². The van der Waals surface area contributed by atoms with Crippen molar-refractivity contribution in [2.24, 2.45) is 11.8 Å². The van der Waals surface area contributed by atoms with Gasteiger partial charge in [0.15, 0.2) is 0 Å². The molecule has 0 aromatic carbocycles. The standard InChI is InChI=1S/C12H19N3O2/c1-4-9-7(2)8(3)11(17-9)15-6-5-10(13)14-12(15)16/h5-9,11H,4H2,1-3H3,(H2,13,14,16).